The van der Waals surface area contributed by atoms with E-state index >= 15 is 0 Å². The first kappa shape index (κ1) is 13.1. The maximum atomic E-state index is 11.1. The van der Waals surface area contributed by atoms with E-state index in [1.165, 1.54) is 5.56 Å². The summed E-state index contributed by atoms with van der Waals surface area (Å²) in [4.78, 5) is 11.1. The van der Waals surface area contributed by atoms with Gasteiger partial charge in [0.1, 0.15) is 0 Å². The van der Waals surface area contributed by atoms with Gasteiger partial charge in [-0.2, -0.15) is 0 Å². The number of carboxylic acids is 1. The summed E-state index contributed by atoms with van der Waals surface area (Å²) in [7, 11) is 0. The highest BCUT2D eigenvalue weighted by molar-refractivity contribution is 5.69. The standard InChI is InChI=1S/C15H20O3/c1-2-12-3-5-13(6-4-12)15(11-14(16)17)7-9-18-10-8-15/h3-6H,2,7-11H2,1H3,(H,16,17). The Morgan fingerprint density at radius 1 is 1.28 bits per heavy atom. The topological polar surface area (TPSA) is 46.5 Å². The molecule has 1 fully saturated rings. The molecule has 0 spiro atoms. The van der Waals surface area contributed by atoms with Gasteiger partial charge >= 0.3 is 5.97 Å². The zero-order valence-electron chi connectivity index (χ0n) is 10.8. The van der Waals surface area contributed by atoms with E-state index in [2.05, 4.69) is 31.2 Å². The highest BCUT2D eigenvalue weighted by Gasteiger charge is 2.36. The Balaban J connectivity index is 2.29. The van der Waals surface area contributed by atoms with Gasteiger partial charge in [-0.1, -0.05) is 31.2 Å². The first-order chi connectivity index (χ1) is 8.66. The average Bonchev–Trinajstić information content (AvgIpc) is 2.39. The predicted octanol–water partition coefficient (Wildman–Crippen LogP) is 2.77. The third-order valence-electron chi connectivity index (χ3n) is 3.91. The Morgan fingerprint density at radius 2 is 1.89 bits per heavy atom. The van der Waals surface area contributed by atoms with Crippen LogP contribution >= 0.6 is 0 Å². The molecule has 18 heavy (non-hydrogen) atoms. The van der Waals surface area contributed by atoms with Crippen molar-refractivity contribution in [2.45, 2.75) is 38.0 Å². The van der Waals surface area contributed by atoms with Gasteiger partial charge in [0.15, 0.2) is 0 Å². The molecule has 3 heteroatoms. The second kappa shape index (κ2) is 5.53. The van der Waals surface area contributed by atoms with E-state index in [0.717, 1.165) is 24.8 Å². The Labute approximate surface area is 108 Å². The first-order valence-corrected chi connectivity index (χ1v) is 6.55. The van der Waals surface area contributed by atoms with Crippen molar-refractivity contribution in [3.63, 3.8) is 0 Å². The van der Waals surface area contributed by atoms with E-state index in [4.69, 9.17) is 9.84 Å². The second-order valence-electron chi connectivity index (χ2n) is 5.01. The summed E-state index contributed by atoms with van der Waals surface area (Å²) in [5.41, 5.74) is 2.19. The van der Waals surface area contributed by atoms with Crippen LogP contribution < -0.4 is 0 Å². The van der Waals surface area contributed by atoms with Gasteiger partial charge in [-0.05, 0) is 30.4 Å². The summed E-state index contributed by atoms with van der Waals surface area (Å²) in [6.07, 6.45) is 2.80. The summed E-state index contributed by atoms with van der Waals surface area (Å²) in [6.45, 7) is 3.43. The number of aliphatic carboxylic acids is 1. The van der Waals surface area contributed by atoms with Crippen molar-refractivity contribution < 1.29 is 14.6 Å². The van der Waals surface area contributed by atoms with Gasteiger partial charge in [-0.15, -0.1) is 0 Å². The van der Waals surface area contributed by atoms with Gasteiger partial charge < -0.3 is 9.84 Å². The number of rotatable bonds is 4. The van der Waals surface area contributed by atoms with Crippen LogP contribution in [0, 0.1) is 0 Å². The minimum atomic E-state index is -0.725. The average molecular weight is 248 g/mol. The third kappa shape index (κ3) is 2.72. The molecule has 0 atom stereocenters. The Morgan fingerprint density at radius 3 is 2.39 bits per heavy atom. The molecule has 0 bridgehead atoms. The molecule has 98 valence electrons. The van der Waals surface area contributed by atoms with Gasteiger partial charge in [-0.25, -0.2) is 0 Å². The molecule has 0 radical (unpaired) electrons. The molecule has 1 aromatic carbocycles. The fourth-order valence-corrected chi connectivity index (χ4v) is 2.71. The lowest BCUT2D eigenvalue weighted by Crippen LogP contribution is -2.36. The lowest BCUT2D eigenvalue weighted by Gasteiger charge is -2.36. The van der Waals surface area contributed by atoms with Gasteiger partial charge in [0.05, 0.1) is 6.42 Å². The molecule has 0 aliphatic carbocycles. The maximum Gasteiger partial charge on any atom is 0.304 e. The summed E-state index contributed by atoms with van der Waals surface area (Å²) < 4.78 is 5.38. The van der Waals surface area contributed by atoms with Crippen molar-refractivity contribution in [2.24, 2.45) is 0 Å². The van der Waals surface area contributed by atoms with Crippen LogP contribution in [0.2, 0.25) is 0 Å². The quantitative estimate of drug-likeness (QED) is 0.891. The molecule has 1 aliphatic heterocycles. The fraction of sp³-hybridized carbons (Fsp3) is 0.533. The number of carboxylic acid groups (broad SMARTS) is 1. The molecule has 1 heterocycles. The number of hydrogen-bond acceptors (Lipinski definition) is 2. The van der Waals surface area contributed by atoms with Crippen LogP contribution in [-0.2, 0) is 21.4 Å². The number of aryl methyl sites for hydroxylation is 1. The van der Waals surface area contributed by atoms with Crippen LogP contribution in [0.4, 0.5) is 0 Å². The fourth-order valence-electron chi connectivity index (χ4n) is 2.71. The lowest BCUT2D eigenvalue weighted by molar-refractivity contribution is -0.139. The first-order valence-electron chi connectivity index (χ1n) is 6.55. The molecular formula is C15H20O3. The van der Waals surface area contributed by atoms with E-state index in [0.29, 0.717) is 13.2 Å². The molecule has 0 amide bonds. The molecule has 3 nitrogen and oxygen atoms in total. The van der Waals surface area contributed by atoms with Crippen LogP contribution in [-0.4, -0.2) is 24.3 Å². The molecule has 2 rings (SSSR count). The molecule has 1 aromatic rings. The van der Waals surface area contributed by atoms with Gasteiger partial charge in [0, 0.05) is 18.6 Å². The predicted molar refractivity (Wildman–Crippen MR) is 69.8 cm³/mol. The van der Waals surface area contributed by atoms with Crippen LogP contribution in [0.5, 0.6) is 0 Å². The molecule has 1 saturated heterocycles. The van der Waals surface area contributed by atoms with Crippen molar-refractivity contribution in [1.82, 2.24) is 0 Å². The van der Waals surface area contributed by atoms with Crippen LogP contribution in [0.3, 0.4) is 0 Å². The minimum absolute atomic E-state index is 0.196. The number of carbonyl (C=O) groups is 1. The van der Waals surface area contributed by atoms with E-state index < -0.39 is 5.97 Å². The van der Waals surface area contributed by atoms with E-state index in [1.807, 2.05) is 0 Å². The monoisotopic (exact) mass is 248 g/mol. The van der Waals surface area contributed by atoms with Crippen LogP contribution in [0.1, 0.15) is 37.3 Å². The molecule has 0 saturated carbocycles. The van der Waals surface area contributed by atoms with E-state index in [9.17, 15) is 4.79 Å². The van der Waals surface area contributed by atoms with Gasteiger partial charge in [-0.3, -0.25) is 4.79 Å². The largest absolute Gasteiger partial charge is 0.481 e. The van der Waals surface area contributed by atoms with Crippen LogP contribution in [0.25, 0.3) is 0 Å². The van der Waals surface area contributed by atoms with E-state index in [1.54, 1.807) is 0 Å². The van der Waals surface area contributed by atoms with Gasteiger partial charge in [0.2, 0.25) is 0 Å². The smallest absolute Gasteiger partial charge is 0.304 e. The van der Waals surface area contributed by atoms with Crippen molar-refractivity contribution in [3.05, 3.63) is 35.4 Å². The molecule has 1 aliphatic rings. The van der Waals surface area contributed by atoms with E-state index in [-0.39, 0.29) is 11.8 Å². The Hall–Kier alpha value is -1.35. The molecule has 0 unspecified atom stereocenters. The maximum absolute atomic E-state index is 11.1. The number of benzene rings is 1. The minimum Gasteiger partial charge on any atom is -0.481 e. The summed E-state index contributed by atoms with van der Waals surface area (Å²) >= 11 is 0. The summed E-state index contributed by atoms with van der Waals surface area (Å²) in [6, 6.07) is 8.39. The number of ether oxygens (including phenoxy) is 1. The second-order valence-corrected chi connectivity index (χ2v) is 5.01. The highest BCUT2D eigenvalue weighted by atomic mass is 16.5. The molecular weight excluding hydrogens is 228 g/mol. The number of hydrogen-bond donors (Lipinski definition) is 1. The Kier molecular flexibility index (Phi) is 4.02. The normalized spacial score (nSPS) is 18.5. The summed E-state index contributed by atoms with van der Waals surface area (Å²) in [5.74, 6) is -0.725. The van der Waals surface area contributed by atoms with Crippen molar-refractivity contribution >= 4 is 5.97 Å². The SMILES string of the molecule is CCc1ccc(C2(CC(=O)O)CCOCC2)cc1. The van der Waals surface area contributed by atoms with Gasteiger partial charge in [0.25, 0.3) is 0 Å². The Bertz CT molecular complexity index is 402. The molecule has 1 N–H and O–H groups in total. The lowest BCUT2D eigenvalue weighted by atomic mass is 9.71. The zero-order chi connectivity index (χ0) is 13.0. The third-order valence-corrected chi connectivity index (χ3v) is 3.91. The zero-order valence-corrected chi connectivity index (χ0v) is 10.8. The summed E-state index contributed by atoms with van der Waals surface area (Å²) in [5, 5.41) is 9.15. The highest BCUT2D eigenvalue weighted by Crippen LogP contribution is 2.38. The van der Waals surface area contributed by atoms with Crippen molar-refractivity contribution in [1.29, 1.82) is 0 Å². The van der Waals surface area contributed by atoms with Crippen LogP contribution in [0.15, 0.2) is 24.3 Å². The van der Waals surface area contributed by atoms with Crippen molar-refractivity contribution in [2.75, 3.05) is 13.2 Å². The molecule has 0 aromatic heterocycles. The van der Waals surface area contributed by atoms with Crippen molar-refractivity contribution in [3.8, 4) is 0 Å².